The first kappa shape index (κ1) is 11.0. The maximum Gasteiger partial charge on any atom is 0.307 e. The summed E-state index contributed by atoms with van der Waals surface area (Å²) >= 11 is 0. The molecule has 0 amide bonds. The van der Waals surface area contributed by atoms with Crippen molar-refractivity contribution < 1.29 is 9.90 Å². The van der Waals surface area contributed by atoms with Gasteiger partial charge in [-0.3, -0.25) is 4.79 Å². The van der Waals surface area contributed by atoms with Crippen molar-refractivity contribution in [3.05, 3.63) is 24.3 Å². The molecule has 1 atom stereocenters. The molecule has 0 saturated carbocycles. The minimum atomic E-state index is -0.740. The second kappa shape index (κ2) is 5.58. The minimum absolute atomic E-state index is 0.307. The van der Waals surface area contributed by atoms with Gasteiger partial charge in [0.2, 0.25) is 0 Å². The van der Waals surface area contributed by atoms with Crippen molar-refractivity contribution in [2.75, 3.05) is 0 Å². The van der Waals surface area contributed by atoms with Gasteiger partial charge in [0.1, 0.15) is 0 Å². The van der Waals surface area contributed by atoms with Crippen LogP contribution in [0, 0.1) is 5.92 Å². The summed E-state index contributed by atoms with van der Waals surface area (Å²) in [6.45, 7) is 7.44. The number of carboxylic acids is 1. The van der Waals surface area contributed by atoms with Gasteiger partial charge in [0.25, 0.3) is 0 Å². The third-order valence-electron chi connectivity index (χ3n) is 1.60. The Labute approximate surface area is 73.6 Å². The molecule has 0 heterocycles. The fourth-order valence-corrected chi connectivity index (χ4v) is 0.992. The summed E-state index contributed by atoms with van der Waals surface area (Å²) in [7, 11) is 0. The van der Waals surface area contributed by atoms with Crippen LogP contribution in [0.2, 0.25) is 0 Å². The van der Waals surface area contributed by atoms with Gasteiger partial charge in [-0.15, -0.1) is 6.58 Å². The molecule has 0 aliphatic heterocycles. The summed E-state index contributed by atoms with van der Waals surface area (Å²) in [5.74, 6) is -1.05. The summed E-state index contributed by atoms with van der Waals surface area (Å²) in [6.07, 6.45) is 4.91. The number of aliphatic carboxylic acids is 1. The van der Waals surface area contributed by atoms with Crippen LogP contribution in [0.25, 0.3) is 0 Å². The molecule has 0 fully saturated rings. The Morgan fingerprint density at radius 3 is 2.58 bits per heavy atom. The number of carboxylic acid groups (broad SMARTS) is 1. The second-order valence-electron chi connectivity index (χ2n) is 3.00. The van der Waals surface area contributed by atoms with Gasteiger partial charge < -0.3 is 5.11 Å². The summed E-state index contributed by atoms with van der Waals surface area (Å²) in [5.41, 5.74) is 0.923. The van der Waals surface area contributed by atoms with Gasteiger partial charge in [0.15, 0.2) is 0 Å². The van der Waals surface area contributed by atoms with E-state index in [1.54, 1.807) is 0 Å². The quantitative estimate of drug-likeness (QED) is 0.641. The van der Waals surface area contributed by atoms with E-state index in [0.717, 1.165) is 5.57 Å². The molecule has 1 N–H and O–H groups in total. The first-order valence-electron chi connectivity index (χ1n) is 4.06. The van der Waals surface area contributed by atoms with Gasteiger partial charge >= 0.3 is 5.97 Å². The molecule has 2 nitrogen and oxygen atoms in total. The topological polar surface area (TPSA) is 37.3 Å². The third kappa shape index (κ3) is 4.72. The highest BCUT2D eigenvalue weighted by Gasteiger charge is 2.14. The van der Waals surface area contributed by atoms with Crippen LogP contribution in [0.3, 0.4) is 0 Å². The summed E-state index contributed by atoms with van der Waals surface area (Å²) in [5, 5.41) is 8.77. The van der Waals surface area contributed by atoms with Crippen molar-refractivity contribution in [2.45, 2.75) is 26.7 Å². The molecule has 0 aromatic carbocycles. The maximum absolute atomic E-state index is 10.7. The van der Waals surface area contributed by atoms with Crippen LogP contribution < -0.4 is 0 Å². The highest BCUT2D eigenvalue weighted by atomic mass is 16.4. The molecule has 68 valence electrons. The van der Waals surface area contributed by atoms with Gasteiger partial charge in [-0.05, 0) is 26.7 Å². The number of hydrogen-bond donors (Lipinski definition) is 1. The lowest BCUT2D eigenvalue weighted by molar-refractivity contribution is -0.141. The first-order valence-corrected chi connectivity index (χ1v) is 4.06. The summed E-state index contributed by atoms with van der Waals surface area (Å²) < 4.78 is 0. The summed E-state index contributed by atoms with van der Waals surface area (Å²) in [6, 6.07) is 0. The highest BCUT2D eigenvalue weighted by Crippen LogP contribution is 2.14. The monoisotopic (exact) mass is 168 g/mol. The first-order chi connectivity index (χ1) is 5.57. The number of carbonyl (C=O) groups is 1. The highest BCUT2D eigenvalue weighted by molar-refractivity contribution is 5.70. The predicted octanol–water partition coefficient (Wildman–Crippen LogP) is 2.62. The average Bonchev–Trinajstić information content (AvgIpc) is 1.96. The Balaban J connectivity index is 4.04. The number of allylic oxidation sites excluding steroid dienone is 3. The van der Waals surface area contributed by atoms with Crippen LogP contribution in [-0.4, -0.2) is 11.1 Å². The van der Waals surface area contributed by atoms with E-state index in [4.69, 9.17) is 5.11 Å². The SMILES string of the molecule is C=C(C)CC(CC=CC)C(=O)O. The normalized spacial score (nSPS) is 13.2. The van der Waals surface area contributed by atoms with E-state index in [9.17, 15) is 4.79 Å². The largest absolute Gasteiger partial charge is 0.481 e. The standard InChI is InChI=1S/C10H16O2/c1-4-5-6-9(10(11)12)7-8(2)3/h4-5,9H,2,6-7H2,1,3H3,(H,11,12). The zero-order valence-electron chi connectivity index (χ0n) is 7.71. The fraction of sp³-hybridized carbons (Fsp3) is 0.500. The molecule has 0 aliphatic carbocycles. The van der Waals surface area contributed by atoms with Crippen molar-refractivity contribution in [2.24, 2.45) is 5.92 Å². The molecule has 0 bridgehead atoms. The van der Waals surface area contributed by atoms with E-state index in [-0.39, 0.29) is 5.92 Å². The molecule has 12 heavy (non-hydrogen) atoms. The van der Waals surface area contributed by atoms with Crippen molar-refractivity contribution in [3.8, 4) is 0 Å². The minimum Gasteiger partial charge on any atom is -0.481 e. The zero-order chi connectivity index (χ0) is 9.56. The van der Waals surface area contributed by atoms with Crippen LogP contribution in [0.5, 0.6) is 0 Å². The van der Waals surface area contributed by atoms with E-state index < -0.39 is 5.97 Å². The van der Waals surface area contributed by atoms with E-state index in [1.165, 1.54) is 0 Å². The molecule has 1 unspecified atom stereocenters. The number of rotatable bonds is 5. The lowest BCUT2D eigenvalue weighted by Gasteiger charge is -2.08. The molecule has 0 aromatic rings. The molecule has 0 saturated heterocycles. The Morgan fingerprint density at radius 1 is 1.67 bits per heavy atom. The Kier molecular flexibility index (Phi) is 5.09. The Bertz CT molecular complexity index is 192. The average molecular weight is 168 g/mol. The van der Waals surface area contributed by atoms with Crippen LogP contribution >= 0.6 is 0 Å². The van der Waals surface area contributed by atoms with Crippen LogP contribution in [-0.2, 0) is 4.79 Å². The fourth-order valence-electron chi connectivity index (χ4n) is 0.992. The van der Waals surface area contributed by atoms with E-state index in [0.29, 0.717) is 12.8 Å². The van der Waals surface area contributed by atoms with Crippen molar-refractivity contribution in [1.29, 1.82) is 0 Å². The smallest absolute Gasteiger partial charge is 0.307 e. The van der Waals surface area contributed by atoms with Crippen molar-refractivity contribution in [3.63, 3.8) is 0 Å². The molecular formula is C10H16O2. The Hall–Kier alpha value is -1.05. The Morgan fingerprint density at radius 2 is 2.25 bits per heavy atom. The van der Waals surface area contributed by atoms with Gasteiger partial charge in [0, 0.05) is 0 Å². The van der Waals surface area contributed by atoms with Crippen molar-refractivity contribution in [1.82, 2.24) is 0 Å². The second-order valence-corrected chi connectivity index (χ2v) is 3.00. The van der Waals surface area contributed by atoms with Gasteiger partial charge in [-0.1, -0.05) is 17.7 Å². The van der Waals surface area contributed by atoms with Crippen LogP contribution in [0.15, 0.2) is 24.3 Å². The lowest BCUT2D eigenvalue weighted by atomic mass is 9.98. The molecular weight excluding hydrogens is 152 g/mol. The van der Waals surface area contributed by atoms with E-state index >= 15 is 0 Å². The van der Waals surface area contributed by atoms with Crippen molar-refractivity contribution >= 4 is 5.97 Å². The number of hydrogen-bond acceptors (Lipinski definition) is 1. The van der Waals surface area contributed by atoms with Crippen LogP contribution in [0.4, 0.5) is 0 Å². The summed E-state index contributed by atoms with van der Waals surface area (Å²) in [4.78, 5) is 10.7. The predicted molar refractivity (Wildman–Crippen MR) is 50.0 cm³/mol. The molecule has 0 aliphatic rings. The van der Waals surface area contributed by atoms with Crippen LogP contribution in [0.1, 0.15) is 26.7 Å². The molecule has 0 radical (unpaired) electrons. The third-order valence-corrected chi connectivity index (χ3v) is 1.60. The molecule has 0 aromatic heterocycles. The molecule has 0 rings (SSSR count). The van der Waals surface area contributed by atoms with E-state index in [2.05, 4.69) is 6.58 Å². The van der Waals surface area contributed by atoms with Gasteiger partial charge in [-0.2, -0.15) is 0 Å². The van der Waals surface area contributed by atoms with Gasteiger partial charge in [0.05, 0.1) is 5.92 Å². The zero-order valence-corrected chi connectivity index (χ0v) is 7.71. The maximum atomic E-state index is 10.7. The van der Waals surface area contributed by atoms with E-state index in [1.807, 2.05) is 26.0 Å². The molecule has 2 heteroatoms. The van der Waals surface area contributed by atoms with Gasteiger partial charge in [-0.25, -0.2) is 0 Å². The molecule has 0 spiro atoms. The lowest BCUT2D eigenvalue weighted by Crippen LogP contribution is -2.12.